The lowest BCUT2D eigenvalue weighted by Gasteiger charge is -2.00. The number of rotatable bonds is 3. The monoisotopic (exact) mass is 272 g/mol. The number of aromatic nitrogens is 1. The second-order valence-electron chi connectivity index (χ2n) is 3.82. The normalized spacial score (nSPS) is 10.7. The van der Waals surface area contributed by atoms with Gasteiger partial charge in [0.25, 0.3) is 0 Å². The molecule has 0 aliphatic rings. The zero-order valence-electron chi connectivity index (χ0n) is 9.88. The minimum Gasteiger partial charge on any atom is -0.388 e. The average molecular weight is 272 g/mol. The van der Waals surface area contributed by atoms with Gasteiger partial charge in [-0.25, -0.2) is 4.98 Å². The van der Waals surface area contributed by atoms with Crippen molar-refractivity contribution in [2.45, 2.75) is 9.24 Å². The molecule has 0 aliphatic carbocycles. The lowest BCUT2D eigenvalue weighted by Crippen LogP contribution is -1.85. The fourth-order valence-electron chi connectivity index (χ4n) is 1.69. The predicted octanol–water partition coefficient (Wildman–Crippen LogP) is 4.49. The molecule has 1 aromatic heterocycles. The van der Waals surface area contributed by atoms with Crippen LogP contribution in [0.3, 0.4) is 0 Å². The van der Waals surface area contributed by atoms with Crippen LogP contribution in [-0.4, -0.2) is 12.0 Å². The molecule has 3 rings (SSSR count). The maximum absolute atomic E-state index is 4.62. The molecular formula is C14H12N2S2. The van der Waals surface area contributed by atoms with E-state index in [1.165, 1.54) is 9.60 Å². The van der Waals surface area contributed by atoms with Crippen molar-refractivity contribution >= 4 is 39.0 Å². The standard InChI is InChI=1S/C14H12N2S2/c1-15-10-6-8-11(9-7-10)17-14-16-12-4-2-3-5-13(12)18-14/h2-9,15H,1H3. The zero-order valence-corrected chi connectivity index (χ0v) is 11.5. The Balaban J connectivity index is 1.86. The van der Waals surface area contributed by atoms with Gasteiger partial charge in [0.05, 0.1) is 10.2 Å². The first kappa shape index (κ1) is 11.6. The highest BCUT2D eigenvalue weighted by atomic mass is 32.2. The maximum Gasteiger partial charge on any atom is 0.155 e. The Morgan fingerprint density at radius 3 is 2.56 bits per heavy atom. The van der Waals surface area contributed by atoms with E-state index in [9.17, 15) is 0 Å². The number of para-hydroxylation sites is 1. The Hall–Kier alpha value is -1.52. The fourth-order valence-corrected chi connectivity index (χ4v) is 3.72. The first-order chi connectivity index (χ1) is 8.85. The topological polar surface area (TPSA) is 24.9 Å². The van der Waals surface area contributed by atoms with Gasteiger partial charge in [-0.3, -0.25) is 0 Å². The van der Waals surface area contributed by atoms with Crippen LogP contribution in [0.2, 0.25) is 0 Å². The third-order valence-corrected chi connectivity index (χ3v) is 4.73. The quantitative estimate of drug-likeness (QED) is 0.760. The second-order valence-corrected chi connectivity index (χ2v) is 6.18. The minimum atomic E-state index is 1.08. The molecule has 1 heterocycles. The van der Waals surface area contributed by atoms with E-state index >= 15 is 0 Å². The summed E-state index contributed by atoms with van der Waals surface area (Å²) in [6, 6.07) is 16.6. The molecule has 18 heavy (non-hydrogen) atoms. The van der Waals surface area contributed by atoms with Crippen LogP contribution < -0.4 is 5.32 Å². The Kier molecular flexibility index (Phi) is 3.21. The van der Waals surface area contributed by atoms with E-state index in [4.69, 9.17) is 0 Å². The average Bonchev–Trinajstić information content (AvgIpc) is 2.82. The molecule has 0 amide bonds. The summed E-state index contributed by atoms with van der Waals surface area (Å²) in [4.78, 5) is 5.83. The number of benzene rings is 2. The Bertz CT molecular complexity index is 626. The van der Waals surface area contributed by atoms with Gasteiger partial charge in [-0.05, 0) is 36.4 Å². The molecule has 0 fully saturated rings. The van der Waals surface area contributed by atoms with Crippen molar-refractivity contribution in [3.8, 4) is 0 Å². The largest absolute Gasteiger partial charge is 0.388 e. The fraction of sp³-hybridized carbons (Fsp3) is 0.0714. The molecule has 1 N–H and O–H groups in total. The molecule has 0 saturated heterocycles. The summed E-state index contributed by atoms with van der Waals surface area (Å²) >= 11 is 3.45. The van der Waals surface area contributed by atoms with Crippen LogP contribution in [0.1, 0.15) is 0 Å². The van der Waals surface area contributed by atoms with Gasteiger partial charge in [0.1, 0.15) is 0 Å². The van der Waals surface area contributed by atoms with E-state index in [-0.39, 0.29) is 0 Å². The van der Waals surface area contributed by atoms with Gasteiger partial charge in [-0.2, -0.15) is 0 Å². The van der Waals surface area contributed by atoms with Crippen molar-refractivity contribution < 1.29 is 0 Å². The van der Waals surface area contributed by atoms with E-state index in [0.717, 1.165) is 15.5 Å². The van der Waals surface area contributed by atoms with Crippen LogP contribution >= 0.6 is 23.1 Å². The van der Waals surface area contributed by atoms with Crippen molar-refractivity contribution in [3.63, 3.8) is 0 Å². The van der Waals surface area contributed by atoms with E-state index in [1.54, 1.807) is 23.1 Å². The summed E-state index contributed by atoms with van der Waals surface area (Å²) in [5.74, 6) is 0. The van der Waals surface area contributed by atoms with Crippen molar-refractivity contribution in [2.24, 2.45) is 0 Å². The number of nitrogens with one attached hydrogen (secondary N) is 1. The molecule has 3 aromatic rings. The molecule has 0 saturated carbocycles. The first-order valence-electron chi connectivity index (χ1n) is 5.66. The van der Waals surface area contributed by atoms with E-state index in [0.29, 0.717) is 0 Å². The highest BCUT2D eigenvalue weighted by Gasteiger charge is 2.04. The van der Waals surface area contributed by atoms with E-state index < -0.39 is 0 Å². The Labute approximate surface area is 114 Å². The third-order valence-electron chi connectivity index (χ3n) is 2.62. The van der Waals surface area contributed by atoms with Gasteiger partial charge < -0.3 is 5.32 Å². The number of thiazole rings is 1. The van der Waals surface area contributed by atoms with Gasteiger partial charge in [0.15, 0.2) is 4.34 Å². The van der Waals surface area contributed by atoms with E-state index in [1.807, 2.05) is 13.1 Å². The SMILES string of the molecule is CNc1ccc(Sc2nc3ccccc3s2)cc1. The highest BCUT2D eigenvalue weighted by molar-refractivity contribution is 8.01. The molecule has 2 nitrogen and oxygen atoms in total. The van der Waals surface area contributed by atoms with Crippen LogP contribution in [-0.2, 0) is 0 Å². The molecule has 2 aromatic carbocycles. The molecule has 0 atom stereocenters. The summed E-state index contributed by atoms with van der Waals surface area (Å²) < 4.78 is 2.33. The smallest absolute Gasteiger partial charge is 0.155 e. The Morgan fingerprint density at radius 1 is 1.06 bits per heavy atom. The van der Waals surface area contributed by atoms with Gasteiger partial charge in [0.2, 0.25) is 0 Å². The van der Waals surface area contributed by atoms with Crippen LogP contribution in [0, 0.1) is 0 Å². The van der Waals surface area contributed by atoms with Crippen molar-refractivity contribution in [3.05, 3.63) is 48.5 Å². The molecule has 90 valence electrons. The molecule has 0 aliphatic heterocycles. The molecule has 0 unspecified atom stereocenters. The zero-order chi connectivity index (χ0) is 12.4. The lowest BCUT2D eigenvalue weighted by atomic mass is 10.3. The molecule has 0 spiro atoms. The van der Waals surface area contributed by atoms with E-state index in [2.05, 4.69) is 52.8 Å². The molecular weight excluding hydrogens is 260 g/mol. The molecule has 4 heteroatoms. The summed E-state index contributed by atoms with van der Waals surface area (Å²) in [5.41, 5.74) is 2.21. The number of anilines is 1. The van der Waals surface area contributed by atoms with Crippen LogP contribution in [0.5, 0.6) is 0 Å². The van der Waals surface area contributed by atoms with Crippen molar-refractivity contribution in [1.29, 1.82) is 0 Å². The second kappa shape index (κ2) is 5.00. The van der Waals surface area contributed by atoms with Crippen LogP contribution in [0.25, 0.3) is 10.2 Å². The lowest BCUT2D eigenvalue weighted by molar-refractivity contribution is 1.29. The summed E-state index contributed by atoms with van der Waals surface area (Å²) in [6.07, 6.45) is 0. The van der Waals surface area contributed by atoms with Gasteiger partial charge in [0, 0.05) is 17.6 Å². The number of fused-ring (bicyclic) bond motifs is 1. The number of hydrogen-bond donors (Lipinski definition) is 1. The molecule has 0 radical (unpaired) electrons. The number of nitrogens with zero attached hydrogens (tertiary/aromatic N) is 1. The Morgan fingerprint density at radius 2 is 1.83 bits per heavy atom. The third kappa shape index (κ3) is 2.35. The van der Waals surface area contributed by atoms with Crippen LogP contribution in [0.15, 0.2) is 57.8 Å². The minimum absolute atomic E-state index is 1.08. The predicted molar refractivity (Wildman–Crippen MR) is 79.7 cm³/mol. The summed E-state index contributed by atoms with van der Waals surface area (Å²) in [6.45, 7) is 0. The van der Waals surface area contributed by atoms with Crippen molar-refractivity contribution in [2.75, 3.05) is 12.4 Å². The molecule has 0 bridgehead atoms. The van der Waals surface area contributed by atoms with Crippen LogP contribution in [0.4, 0.5) is 5.69 Å². The van der Waals surface area contributed by atoms with Crippen molar-refractivity contribution in [1.82, 2.24) is 4.98 Å². The number of hydrogen-bond acceptors (Lipinski definition) is 4. The first-order valence-corrected chi connectivity index (χ1v) is 7.30. The van der Waals surface area contributed by atoms with Gasteiger partial charge in [-0.1, -0.05) is 23.9 Å². The highest BCUT2D eigenvalue weighted by Crippen LogP contribution is 2.34. The summed E-state index contributed by atoms with van der Waals surface area (Å²) in [7, 11) is 1.93. The maximum atomic E-state index is 4.62. The van der Waals surface area contributed by atoms with Gasteiger partial charge >= 0.3 is 0 Å². The summed E-state index contributed by atoms with van der Waals surface area (Å²) in [5, 5.41) is 3.12. The van der Waals surface area contributed by atoms with Gasteiger partial charge in [-0.15, -0.1) is 11.3 Å².